The highest BCUT2D eigenvalue weighted by Gasteiger charge is 2.60. The Morgan fingerprint density at radius 3 is 2.33 bits per heavy atom. The van der Waals surface area contributed by atoms with Gasteiger partial charge in [0.05, 0.1) is 18.5 Å². The van der Waals surface area contributed by atoms with Crippen LogP contribution < -0.4 is 0 Å². The normalized spacial score (nSPS) is 58.3. The molecule has 7 unspecified atom stereocenters. The molecule has 18 heavy (non-hydrogen) atoms. The van der Waals surface area contributed by atoms with E-state index in [0.717, 1.165) is 30.5 Å². The molecule has 0 aromatic carbocycles. The molecular formula is C15H25N3. The van der Waals surface area contributed by atoms with E-state index in [1.54, 1.807) is 0 Å². The molecule has 3 nitrogen and oxygen atoms in total. The minimum absolute atomic E-state index is 0.824. The van der Waals surface area contributed by atoms with E-state index in [1.165, 1.54) is 64.5 Å². The molecule has 6 aliphatic heterocycles. The van der Waals surface area contributed by atoms with Gasteiger partial charge in [0.2, 0.25) is 0 Å². The molecule has 0 aliphatic carbocycles. The number of piperidine rings is 3. The molecule has 6 heterocycles. The van der Waals surface area contributed by atoms with Gasteiger partial charge in [-0.3, -0.25) is 14.7 Å². The van der Waals surface area contributed by atoms with Gasteiger partial charge in [0.1, 0.15) is 0 Å². The van der Waals surface area contributed by atoms with Crippen molar-refractivity contribution in [1.29, 1.82) is 0 Å². The van der Waals surface area contributed by atoms with Crippen molar-refractivity contribution >= 4 is 0 Å². The van der Waals surface area contributed by atoms with Gasteiger partial charge >= 0.3 is 0 Å². The molecule has 6 aliphatic rings. The maximum absolute atomic E-state index is 2.98. The molecule has 0 N–H and O–H groups in total. The second-order valence-electron chi connectivity index (χ2n) is 7.10. The lowest BCUT2D eigenvalue weighted by molar-refractivity contribution is -0.293. The molecule has 7 atom stereocenters. The lowest BCUT2D eigenvalue weighted by Gasteiger charge is -2.72. The van der Waals surface area contributed by atoms with Crippen molar-refractivity contribution in [2.24, 2.45) is 5.92 Å². The topological polar surface area (TPSA) is 9.72 Å². The summed E-state index contributed by atoms with van der Waals surface area (Å²) in [6.45, 7) is 2.75. The van der Waals surface area contributed by atoms with E-state index in [0.29, 0.717) is 0 Å². The fourth-order valence-corrected chi connectivity index (χ4v) is 5.98. The minimum atomic E-state index is 0.824. The smallest absolute Gasteiger partial charge is 0.0692 e. The summed E-state index contributed by atoms with van der Waals surface area (Å²) >= 11 is 0. The Morgan fingerprint density at radius 1 is 0.667 bits per heavy atom. The van der Waals surface area contributed by atoms with Crippen LogP contribution in [0.3, 0.4) is 0 Å². The fourth-order valence-electron chi connectivity index (χ4n) is 5.98. The third-order valence-corrected chi connectivity index (χ3v) is 6.44. The Morgan fingerprint density at radius 2 is 1.44 bits per heavy atom. The largest absolute Gasteiger partial charge is 0.272 e. The molecule has 6 saturated heterocycles. The second kappa shape index (κ2) is 3.71. The van der Waals surface area contributed by atoms with Crippen LogP contribution >= 0.6 is 0 Å². The van der Waals surface area contributed by atoms with Crippen LogP contribution in [0.2, 0.25) is 0 Å². The number of nitrogens with zero attached hydrogens (tertiary/aromatic N) is 3. The maximum atomic E-state index is 2.98. The fraction of sp³-hybridized carbons (Fsp3) is 1.00. The van der Waals surface area contributed by atoms with Crippen LogP contribution in [-0.2, 0) is 0 Å². The lowest BCUT2D eigenvalue weighted by Crippen LogP contribution is -2.83. The van der Waals surface area contributed by atoms with E-state index >= 15 is 0 Å². The van der Waals surface area contributed by atoms with E-state index in [2.05, 4.69) is 14.7 Å². The minimum Gasteiger partial charge on any atom is -0.272 e. The summed E-state index contributed by atoms with van der Waals surface area (Å²) in [7, 11) is 0. The molecule has 6 rings (SSSR count). The van der Waals surface area contributed by atoms with Crippen molar-refractivity contribution in [3.8, 4) is 0 Å². The van der Waals surface area contributed by atoms with Crippen LogP contribution in [0, 0.1) is 5.92 Å². The van der Waals surface area contributed by atoms with Gasteiger partial charge in [0, 0.05) is 25.0 Å². The Hall–Kier alpha value is -0.120. The zero-order valence-electron chi connectivity index (χ0n) is 11.3. The van der Waals surface area contributed by atoms with Crippen LogP contribution in [-0.4, -0.2) is 52.3 Å². The summed E-state index contributed by atoms with van der Waals surface area (Å²) in [5.41, 5.74) is 0. The predicted molar refractivity (Wildman–Crippen MR) is 70.8 cm³/mol. The summed E-state index contributed by atoms with van der Waals surface area (Å²) in [4.78, 5) is 8.77. The van der Waals surface area contributed by atoms with Crippen molar-refractivity contribution in [2.75, 3.05) is 13.1 Å². The van der Waals surface area contributed by atoms with Crippen LogP contribution in [0.1, 0.15) is 51.4 Å². The highest BCUT2D eigenvalue weighted by molar-refractivity contribution is 5.09. The first-order valence-corrected chi connectivity index (χ1v) is 8.24. The van der Waals surface area contributed by atoms with Gasteiger partial charge in [-0.05, 0) is 51.4 Å². The standard InChI is InChI=1S/C15H25N3/c1-2-9-16-13(7-1)18-12-6-3-8-14(18)17-10-4-5-11(12)15(16)17/h11-15H,1-10H2. The second-order valence-corrected chi connectivity index (χ2v) is 7.10. The molecule has 6 bridgehead atoms. The monoisotopic (exact) mass is 247 g/mol. The van der Waals surface area contributed by atoms with Gasteiger partial charge in [0.25, 0.3) is 0 Å². The van der Waals surface area contributed by atoms with Crippen molar-refractivity contribution in [1.82, 2.24) is 14.7 Å². The highest BCUT2D eigenvalue weighted by atomic mass is 15.6. The first kappa shape index (κ1) is 10.6. The number of rotatable bonds is 0. The van der Waals surface area contributed by atoms with Crippen molar-refractivity contribution < 1.29 is 0 Å². The van der Waals surface area contributed by atoms with Crippen LogP contribution in [0.15, 0.2) is 0 Å². The lowest BCUT2D eigenvalue weighted by atomic mass is 9.73. The molecule has 100 valence electrons. The number of hydrogen-bond donors (Lipinski definition) is 0. The van der Waals surface area contributed by atoms with E-state index < -0.39 is 0 Å². The molecule has 0 aromatic heterocycles. The summed E-state index contributed by atoms with van der Waals surface area (Å²) in [6, 6.07) is 0.949. The van der Waals surface area contributed by atoms with E-state index in [-0.39, 0.29) is 0 Å². The van der Waals surface area contributed by atoms with E-state index in [4.69, 9.17) is 0 Å². The van der Waals surface area contributed by atoms with Crippen LogP contribution in [0.4, 0.5) is 0 Å². The Balaban J connectivity index is 1.60. The first-order chi connectivity index (χ1) is 8.95. The Labute approximate surface area is 110 Å². The maximum Gasteiger partial charge on any atom is 0.0692 e. The van der Waals surface area contributed by atoms with Crippen LogP contribution in [0.25, 0.3) is 0 Å². The average molecular weight is 247 g/mol. The molecule has 0 radical (unpaired) electrons. The van der Waals surface area contributed by atoms with E-state index in [9.17, 15) is 0 Å². The zero-order chi connectivity index (χ0) is 11.7. The zero-order valence-corrected chi connectivity index (χ0v) is 11.3. The van der Waals surface area contributed by atoms with Crippen LogP contribution in [0.5, 0.6) is 0 Å². The summed E-state index contributed by atoms with van der Waals surface area (Å²) in [5.74, 6) is 0.977. The van der Waals surface area contributed by atoms with Crippen molar-refractivity contribution in [3.05, 3.63) is 0 Å². The molecule has 3 heteroatoms. The summed E-state index contributed by atoms with van der Waals surface area (Å²) in [5, 5.41) is 0. The van der Waals surface area contributed by atoms with E-state index in [1.807, 2.05) is 0 Å². The Kier molecular flexibility index (Phi) is 2.19. The van der Waals surface area contributed by atoms with Gasteiger partial charge in [0.15, 0.2) is 0 Å². The SMILES string of the molecule is C1CCN2C3C4CCCN3C3CCCC4N3C2C1. The molecule has 0 aromatic rings. The van der Waals surface area contributed by atoms with Gasteiger partial charge < -0.3 is 0 Å². The Bertz CT molecular complexity index is 282. The molecule has 6 fully saturated rings. The third kappa shape index (κ3) is 1.17. The summed E-state index contributed by atoms with van der Waals surface area (Å²) < 4.78 is 0. The van der Waals surface area contributed by atoms with Crippen molar-refractivity contribution in [3.63, 3.8) is 0 Å². The molecular weight excluding hydrogens is 222 g/mol. The van der Waals surface area contributed by atoms with Gasteiger partial charge in [-0.1, -0.05) is 0 Å². The quantitative estimate of drug-likeness (QED) is 0.648. The van der Waals surface area contributed by atoms with Gasteiger partial charge in [-0.2, -0.15) is 0 Å². The average Bonchev–Trinajstić information content (AvgIpc) is 2.46. The van der Waals surface area contributed by atoms with Gasteiger partial charge in [-0.25, -0.2) is 0 Å². The highest BCUT2D eigenvalue weighted by Crippen LogP contribution is 2.51. The molecule has 0 saturated carbocycles. The number of hydrogen-bond acceptors (Lipinski definition) is 3. The van der Waals surface area contributed by atoms with Crippen molar-refractivity contribution in [2.45, 2.75) is 75.9 Å². The third-order valence-electron chi connectivity index (χ3n) is 6.44. The molecule has 0 amide bonds. The predicted octanol–water partition coefficient (Wildman–Crippen LogP) is 2.04. The molecule has 0 spiro atoms. The van der Waals surface area contributed by atoms with Gasteiger partial charge in [-0.15, -0.1) is 0 Å². The summed E-state index contributed by atoms with van der Waals surface area (Å²) in [6.07, 6.45) is 14.2. The first-order valence-electron chi connectivity index (χ1n) is 8.24.